The lowest BCUT2D eigenvalue weighted by Gasteiger charge is -2.10. The zero-order valence-corrected chi connectivity index (χ0v) is 13.0. The van der Waals surface area contributed by atoms with Gasteiger partial charge in [-0.15, -0.1) is 5.10 Å². The maximum Gasteiger partial charge on any atom is 0.253 e. The highest BCUT2D eigenvalue weighted by Crippen LogP contribution is 2.28. The summed E-state index contributed by atoms with van der Waals surface area (Å²) < 4.78 is 12.6. The molecule has 0 amide bonds. The number of hydrogen-bond donors (Lipinski definition) is 1. The fourth-order valence-corrected chi connectivity index (χ4v) is 2.11. The molecule has 1 heterocycles. The van der Waals surface area contributed by atoms with E-state index < -0.39 is 0 Å². The van der Waals surface area contributed by atoms with E-state index in [1.807, 2.05) is 38.1 Å². The lowest BCUT2D eigenvalue weighted by Crippen LogP contribution is -2.09. The Morgan fingerprint density at radius 1 is 1.41 bits per heavy atom. The molecule has 2 aromatic rings. The molecule has 0 saturated heterocycles. The first kappa shape index (κ1) is 15.7. The minimum absolute atomic E-state index is 0.107. The van der Waals surface area contributed by atoms with Gasteiger partial charge in [-0.05, 0) is 19.4 Å². The number of nitriles is 1. The number of nitrogen functional groups attached to an aromatic ring is 1. The van der Waals surface area contributed by atoms with Crippen molar-refractivity contribution in [1.82, 2.24) is 9.78 Å². The lowest BCUT2D eigenvalue weighted by molar-refractivity contribution is 0.279. The van der Waals surface area contributed by atoms with Crippen LogP contribution in [-0.4, -0.2) is 16.9 Å². The highest BCUT2D eigenvalue weighted by molar-refractivity contribution is 5.55. The van der Waals surface area contributed by atoms with Crippen molar-refractivity contribution in [3.8, 4) is 17.7 Å². The van der Waals surface area contributed by atoms with E-state index in [9.17, 15) is 5.26 Å². The van der Waals surface area contributed by atoms with Gasteiger partial charge in [0.25, 0.3) is 5.88 Å². The van der Waals surface area contributed by atoms with Crippen LogP contribution >= 0.6 is 0 Å². The molecule has 0 aliphatic heterocycles. The zero-order valence-electron chi connectivity index (χ0n) is 13.0. The predicted molar refractivity (Wildman–Crippen MR) is 83.7 cm³/mol. The molecular weight excluding hydrogens is 280 g/mol. The van der Waals surface area contributed by atoms with Gasteiger partial charge in [0, 0.05) is 5.56 Å². The molecule has 22 heavy (non-hydrogen) atoms. The summed E-state index contributed by atoms with van der Waals surface area (Å²) >= 11 is 0. The summed E-state index contributed by atoms with van der Waals surface area (Å²) in [4.78, 5) is 0. The summed E-state index contributed by atoms with van der Waals surface area (Å²) in [5, 5.41) is 13.6. The third kappa shape index (κ3) is 2.98. The molecule has 0 saturated carbocycles. The second-order valence-corrected chi connectivity index (χ2v) is 4.98. The Hall–Kier alpha value is -2.68. The van der Waals surface area contributed by atoms with Crippen LogP contribution in [0.5, 0.6) is 11.6 Å². The summed E-state index contributed by atoms with van der Waals surface area (Å²) in [5.74, 6) is 1.33. The summed E-state index contributed by atoms with van der Waals surface area (Å²) in [6, 6.07) is 9.72. The van der Waals surface area contributed by atoms with E-state index in [0.717, 1.165) is 17.7 Å². The fourth-order valence-electron chi connectivity index (χ4n) is 2.11. The molecule has 2 N–H and O–H groups in total. The van der Waals surface area contributed by atoms with Crippen LogP contribution in [0, 0.1) is 11.3 Å². The summed E-state index contributed by atoms with van der Waals surface area (Å²) in [5.41, 5.74) is 7.14. The molecule has 0 unspecified atom stereocenters. The minimum atomic E-state index is 0.107. The highest BCUT2D eigenvalue weighted by atomic mass is 16.5. The van der Waals surface area contributed by atoms with Gasteiger partial charge in [0.2, 0.25) is 0 Å². The number of ether oxygens (including phenoxy) is 2. The van der Waals surface area contributed by atoms with Crippen LogP contribution in [-0.2, 0) is 6.61 Å². The van der Waals surface area contributed by atoms with Crippen molar-refractivity contribution < 1.29 is 9.47 Å². The van der Waals surface area contributed by atoms with Crippen molar-refractivity contribution in [2.75, 3.05) is 12.8 Å². The Morgan fingerprint density at radius 2 is 2.14 bits per heavy atom. The number of anilines is 1. The maximum absolute atomic E-state index is 9.28. The molecule has 1 aromatic carbocycles. The van der Waals surface area contributed by atoms with Crippen molar-refractivity contribution in [1.29, 1.82) is 5.26 Å². The summed E-state index contributed by atoms with van der Waals surface area (Å²) in [6.45, 7) is 4.29. The first-order valence-corrected chi connectivity index (χ1v) is 7.15. The van der Waals surface area contributed by atoms with Crippen molar-refractivity contribution >= 4 is 5.82 Å². The van der Waals surface area contributed by atoms with Gasteiger partial charge in [-0.1, -0.05) is 25.1 Å². The molecule has 0 aliphatic carbocycles. The van der Waals surface area contributed by atoms with E-state index in [1.54, 1.807) is 11.8 Å². The average molecular weight is 300 g/mol. The second kappa shape index (κ2) is 6.85. The standard InChI is InChI=1S/C16H20N4O2/c1-4-11(2)20-15(18)13(9-17)16(19-20)22-10-12-7-5-6-8-14(12)21-3/h5-8,11H,4,10,18H2,1-3H3/t11-/m1/s1. The third-order valence-electron chi connectivity index (χ3n) is 3.59. The number of aromatic nitrogens is 2. The van der Waals surface area contributed by atoms with Crippen LogP contribution in [0.15, 0.2) is 24.3 Å². The van der Waals surface area contributed by atoms with E-state index in [2.05, 4.69) is 11.2 Å². The normalized spacial score (nSPS) is 11.7. The molecule has 0 bridgehead atoms. The van der Waals surface area contributed by atoms with Crippen molar-refractivity contribution in [2.45, 2.75) is 32.9 Å². The van der Waals surface area contributed by atoms with Crippen LogP contribution in [0.1, 0.15) is 37.4 Å². The number of methoxy groups -OCH3 is 1. The number of nitrogens with zero attached hydrogens (tertiary/aromatic N) is 3. The minimum Gasteiger partial charge on any atom is -0.496 e. The van der Waals surface area contributed by atoms with Crippen molar-refractivity contribution in [3.63, 3.8) is 0 Å². The molecule has 6 nitrogen and oxygen atoms in total. The summed E-state index contributed by atoms with van der Waals surface area (Å²) in [6.07, 6.45) is 0.864. The second-order valence-electron chi connectivity index (χ2n) is 4.98. The molecule has 0 spiro atoms. The smallest absolute Gasteiger partial charge is 0.253 e. The van der Waals surface area contributed by atoms with Gasteiger partial charge < -0.3 is 15.2 Å². The number of hydrogen-bond acceptors (Lipinski definition) is 5. The molecule has 0 aliphatic rings. The van der Waals surface area contributed by atoms with Gasteiger partial charge in [-0.2, -0.15) is 5.26 Å². The fraction of sp³-hybridized carbons (Fsp3) is 0.375. The maximum atomic E-state index is 9.28. The first-order valence-electron chi connectivity index (χ1n) is 7.15. The van der Waals surface area contributed by atoms with E-state index in [-0.39, 0.29) is 24.1 Å². The number of rotatable bonds is 6. The van der Waals surface area contributed by atoms with Crippen molar-refractivity contribution in [3.05, 3.63) is 35.4 Å². The highest BCUT2D eigenvalue weighted by Gasteiger charge is 2.19. The Balaban J connectivity index is 2.25. The monoisotopic (exact) mass is 300 g/mol. The van der Waals surface area contributed by atoms with Crippen LogP contribution < -0.4 is 15.2 Å². The van der Waals surface area contributed by atoms with E-state index >= 15 is 0 Å². The molecule has 0 radical (unpaired) electrons. The summed E-state index contributed by atoms with van der Waals surface area (Å²) in [7, 11) is 1.61. The number of nitrogens with two attached hydrogens (primary N) is 1. The van der Waals surface area contributed by atoms with Gasteiger partial charge in [0.15, 0.2) is 5.56 Å². The number of para-hydroxylation sites is 1. The third-order valence-corrected chi connectivity index (χ3v) is 3.59. The van der Waals surface area contributed by atoms with Crippen LogP contribution in [0.25, 0.3) is 0 Å². The molecule has 2 rings (SSSR count). The largest absolute Gasteiger partial charge is 0.496 e. The lowest BCUT2D eigenvalue weighted by atomic mass is 10.2. The molecule has 116 valence electrons. The molecule has 0 fully saturated rings. The van der Waals surface area contributed by atoms with E-state index in [4.69, 9.17) is 15.2 Å². The first-order chi connectivity index (χ1) is 10.6. The molecule has 1 aromatic heterocycles. The zero-order chi connectivity index (χ0) is 16.1. The van der Waals surface area contributed by atoms with Crippen LogP contribution in [0.3, 0.4) is 0 Å². The van der Waals surface area contributed by atoms with Crippen LogP contribution in [0.2, 0.25) is 0 Å². The van der Waals surface area contributed by atoms with Gasteiger partial charge in [-0.25, -0.2) is 4.68 Å². The Morgan fingerprint density at radius 3 is 2.77 bits per heavy atom. The van der Waals surface area contributed by atoms with Gasteiger partial charge in [-0.3, -0.25) is 0 Å². The number of benzene rings is 1. The average Bonchev–Trinajstić information content (AvgIpc) is 2.88. The van der Waals surface area contributed by atoms with Gasteiger partial charge >= 0.3 is 0 Å². The Labute approximate surface area is 130 Å². The van der Waals surface area contributed by atoms with Gasteiger partial charge in [0.1, 0.15) is 24.2 Å². The van der Waals surface area contributed by atoms with Crippen molar-refractivity contribution in [2.24, 2.45) is 0 Å². The molecule has 1 atom stereocenters. The van der Waals surface area contributed by atoms with E-state index in [0.29, 0.717) is 5.82 Å². The Kier molecular flexibility index (Phi) is 4.89. The van der Waals surface area contributed by atoms with Gasteiger partial charge in [0.05, 0.1) is 13.2 Å². The topological polar surface area (TPSA) is 86.1 Å². The molecule has 6 heteroatoms. The Bertz CT molecular complexity index is 688. The SMILES string of the molecule is CC[C@@H](C)n1nc(OCc2ccccc2OC)c(C#N)c1N. The van der Waals surface area contributed by atoms with Crippen LogP contribution in [0.4, 0.5) is 5.82 Å². The quantitative estimate of drug-likeness (QED) is 0.886. The predicted octanol–water partition coefficient (Wildman–Crippen LogP) is 2.90. The van der Waals surface area contributed by atoms with E-state index in [1.165, 1.54) is 0 Å². The molecular formula is C16H20N4O2.